The van der Waals surface area contributed by atoms with Crippen LogP contribution >= 0.6 is 0 Å². The van der Waals surface area contributed by atoms with Crippen molar-refractivity contribution in [2.45, 2.75) is 33.2 Å². The van der Waals surface area contributed by atoms with Crippen molar-refractivity contribution in [3.63, 3.8) is 0 Å². The summed E-state index contributed by atoms with van der Waals surface area (Å²) in [4.78, 5) is 24.6. The fourth-order valence-corrected chi connectivity index (χ4v) is 2.16. The maximum absolute atomic E-state index is 12.1. The van der Waals surface area contributed by atoms with Crippen molar-refractivity contribution >= 4 is 11.9 Å². The first-order chi connectivity index (χ1) is 8.73. The zero-order valence-electron chi connectivity index (χ0n) is 12.0. The van der Waals surface area contributed by atoms with E-state index in [9.17, 15) is 14.7 Å². The number of carboxylic acid groups (broad SMARTS) is 1. The molecule has 106 valence electrons. The van der Waals surface area contributed by atoms with E-state index in [0.717, 1.165) is 11.4 Å². The second-order valence-electron chi connectivity index (χ2n) is 5.11. The summed E-state index contributed by atoms with van der Waals surface area (Å²) < 4.78 is 1.65. The Balaban J connectivity index is 2.82. The molecule has 1 amide bonds. The first-order valence-electron chi connectivity index (χ1n) is 6.22. The lowest BCUT2D eigenvalue weighted by Crippen LogP contribution is -2.46. The van der Waals surface area contributed by atoms with E-state index in [4.69, 9.17) is 0 Å². The lowest BCUT2D eigenvalue weighted by atomic mass is 10.0. The maximum atomic E-state index is 12.1. The van der Waals surface area contributed by atoms with Crippen molar-refractivity contribution < 1.29 is 14.7 Å². The van der Waals surface area contributed by atoms with Gasteiger partial charge in [0.2, 0.25) is 5.91 Å². The van der Waals surface area contributed by atoms with Crippen LogP contribution in [0.3, 0.4) is 0 Å². The van der Waals surface area contributed by atoms with Crippen LogP contribution < -0.4 is 0 Å². The van der Waals surface area contributed by atoms with Crippen molar-refractivity contribution in [2.75, 3.05) is 7.05 Å². The van der Waals surface area contributed by atoms with Crippen LogP contribution in [0.4, 0.5) is 0 Å². The van der Waals surface area contributed by atoms with Crippen LogP contribution in [0.1, 0.15) is 25.2 Å². The van der Waals surface area contributed by atoms with E-state index < -0.39 is 12.0 Å². The third kappa shape index (κ3) is 3.56. The highest BCUT2D eigenvalue weighted by atomic mass is 16.4. The largest absolute Gasteiger partial charge is 0.480 e. The Bertz CT molecular complexity index is 479. The maximum Gasteiger partial charge on any atom is 0.326 e. The van der Waals surface area contributed by atoms with E-state index in [0.29, 0.717) is 0 Å². The molecule has 1 atom stereocenters. The normalized spacial score (nSPS) is 12.5. The molecule has 1 aromatic heterocycles. The zero-order chi connectivity index (χ0) is 14.7. The Hall–Kier alpha value is -1.85. The quantitative estimate of drug-likeness (QED) is 0.857. The van der Waals surface area contributed by atoms with Gasteiger partial charge >= 0.3 is 5.97 Å². The molecule has 0 saturated carbocycles. The number of aryl methyl sites for hydroxylation is 2. The van der Waals surface area contributed by atoms with Crippen molar-refractivity contribution in [3.05, 3.63) is 17.5 Å². The summed E-state index contributed by atoms with van der Waals surface area (Å²) in [5.41, 5.74) is 1.62. The molecule has 1 N–H and O–H groups in total. The van der Waals surface area contributed by atoms with Crippen molar-refractivity contribution in [1.29, 1.82) is 0 Å². The molecule has 1 aromatic rings. The molecule has 0 bridgehead atoms. The third-order valence-corrected chi connectivity index (χ3v) is 3.13. The number of carboxylic acids is 1. The number of hydrogen-bond acceptors (Lipinski definition) is 3. The van der Waals surface area contributed by atoms with E-state index in [1.807, 2.05) is 13.0 Å². The number of carbonyl (C=O) groups excluding carboxylic acids is 1. The minimum Gasteiger partial charge on any atom is -0.480 e. The summed E-state index contributed by atoms with van der Waals surface area (Å²) in [6.45, 7) is 5.43. The Kier molecular flexibility index (Phi) is 4.69. The van der Waals surface area contributed by atoms with Crippen molar-refractivity contribution in [2.24, 2.45) is 13.0 Å². The Labute approximate surface area is 113 Å². The Morgan fingerprint density at radius 3 is 2.42 bits per heavy atom. The summed E-state index contributed by atoms with van der Waals surface area (Å²) >= 11 is 0. The number of nitrogens with zero attached hydrogens (tertiary/aromatic N) is 3. The predicted molar refractivity (Wildman–Crippen MR) is 70.7 cm³/mol. The molecular formula is C13H21N3O3. The van der Waals surface area contributed by atoms with E-state index in [-0.39, 0.29) is 18.2 Å². The van der Waals surface area contributed by atoms with Gasteiger partial charge in [-0.15, -0.1) is 0 Å². The number of likely N-dealkylation sites (N-methyl/N-ethyl adjacent to an activating group) is 1. The minimum absolute atomic E-state index is 0.139. The highest BCUT2D eigenvalue weighted by molar-refractivity contribution is 5.84. The fourth-order valence-electron chi connectivity index (χ4n) is 2.16. The number of aliphatic carboxylic acids is 1. The molecule has 0 aliphatic heterocycles. The number of amides is 1. The van der Waals surface area contributed by atoms with Crippen LogP contribution in [0.2, 0.25) is 0 Å². The summed E-state index contributed by atoms with van der Waals surface area (Å²) in [5, 5.41) is 13.3. The van der Waals surface area contributed by atoms with Crippen LogP contribution in [-0.4, -0.2) is 44.8 Å². The molecule has 1 unspecified atom stereocenters. The zero-order valence-corrected chi connectivity index (χ0v) is 12.0. The van der Waals surface area contributed by atoms with E-state index in [1.165, 1.54) is 11.9 Å². The van der Waals surface area contributed by atoms with Crippen molar-refractivity contribution in [1.82, 2.24) is 14.7 Å². The highest BCUT2D eigenvalue weighted by Gasteiger charge is 2.29. The first-order valence-corrected chi connectivity index (χ1v) is 6.22. The second kappa shape index (κ2) is 5.86. The third-order valence-electron chi connectivity index (χ3n) is 3.13. The average molecular weight is 267 g/mol. The summed E-state index contributed by atoms with van der Waals surface area (Å²) in [6.07, 6.45) is 0.157. The summed E-state index contributed by atoms with van der Waals surface area (Å²) in [5.74, 6) is -1.34. The van der Waals surface area contributed by atoms with Crippen LogP contribution in [0, 0.1) is 12.8 Å². The average Bonchev–Trinajstić information content (AvgIpc) is 2.56. The van der Waals surface area contributed by atoms with Gasteiger partial charge in [-0.1, -0.05) is 13.8 Å². The molecule has 0 fully saturated rings. The molecule has 19 heavy (non-hydrogen) atoms. The van der Waals surface area contributed by atoms with Crippen LogP contribution in [0.5, 0.6) is 0 Å². The molecule has 6 nitrogen and oxygen atoms in total. The van der Waals surface area contributed by atoms with Gasteiger partial charge in [-0.25, -0.2) is 4.79 Å². The van der Waals surface area contributed by atoms with Crippen LogP contribution in [0.25, 0.3) is 0 Å². The number of carbonyl (C=O) groups is 2. The Morgan fingerprint density at radius 2 is 2.05 bits per heavy atom. The molecule has 1 rings (SSSR count). The van der Waals surface area contributed by atoms with Gasteiger partial charge in [0.1, 0.15) is 6.04 Å². The van der Waals surface area contributed by atoms with Gasteiger partial charge in [-0.05, 0) is 18.9 Å². The van der Waals surface area contributed by atoms with Gasteiger partial charge in [0.05, 0.1) is 12.1 Å². The number of aromatic nitrogens is 2. The second-order valence-corrected chi connectivity index (χ2v) is 5.11. The molecule has 0 aliphatic carbocycles. The lowest BCUT2D eigenvalue weighted by Gasteiger charge is -2.27. The molecule has 0 spiro atoms. The predicted octanol–water partition coefficient (Wildman–Crippen LogP) is 0.839. The van der Waals surface area contributed by atoms with E-state index >= 15 is 0 Å². The molecule has 0 aliphatic rings. The molecule has 0 saturated heterocycles. The van der Waals surface area contributed by atoms with Crippen molar-refractivity contribution in [3.8, 4) is 0 Å². The fraction of sp³-hybridized carbons (Fsp3) is 0.615. The molecular weight excluding hydrogens is 246 g/mol. The monoisotopic (exact) mass is 267 g/mol. The highest BCUT2D eigenvalue weighted by Crippen LogP contribution is 2.12. The Morgan fingerprint density at radius 1 is 1.47 bits per heavy atom. The van der Waals surface area contributed by atoms with Crippen LogP contribution in [0.15, 0.2) is 6.07 Å². The molecule has 6 heteroatoms. The number of rotatable bonds is 5. The van der Waals surface area contributed by atoms with Gasteiger partial charge in [0.25, 0.3) is 0 Å². The molecule has 0 radical (unpaired) electrons. The van der Waals surface area contributed by atoms with E-state index in [1.54, 1.807) is 25.6 Å². The van der Waals surface area contributed by atoms with Gasteiger partial charge in [-0.2, -0.15) is 5.10 Å². The molecule has 0 aromatic carbocycles. The van der Waals surface area contributed by atoms with E-state index in [2.05, 4.69) is 5.10 Å². The van der Waals surface area contributed by atoms with Gasteiger partial charge in [0.15, 0.2) is 0 Å². The minimum atomic E-state index is -0.980. The SMILES string of the molecule is Cc1cc(CC(=O)N(C)C(C(=O)O)C(C)C)n(C)n1. The van der Waals surface area contributed by atoms with Gasteiger partial charge in [0, 0.05) is 19.8 Å². The smallest absolute Gasteiger partial charge is 0.326 e. The summed E-state index contributed by atoms with van der Waals surface area (Å²) in [6, 6.07) is 1.03. The first kappa shape index (κ1) is 15.2. The molecule has 1 heterocycles. The summed E-state index contributed by atoms with van der Waals surface area (Å²) in [7, 11) is 3.30. The number of hydrogen-bond donors (Lipinski definition) is 1. The van der Waals surface area contributed by atoms with Gasteiger partial charge < -0.3 is 10.0 Å². The van der Waals surface area contributed by atoms with Gasteiger partial charge in [-0.3, -0.25) is 9.48 Å². The topological polar surface area (TPSA) is 75.4 Å². The van der Waals surface area contributed by atoms with Crippen LogP contribution in [-0.2, 0) is 23.1 Å². The standard InChI is InChI=1S/C13H21N3O3/c1-8(2)12(13(18)19)15(4)11(17)7-10-6-9(3)14-16(10)5/h6,8,12H,7H2,1-5H3,(H,18,19). The lowest BCUT2D eigenvalue weighted by molar-refractivity contribution is -0.150.